The maximum Gasteiger partial charge on any atom is 0.140 e. The average Bonchev–Trinajstić information content (AvgIpc) is 2.56. The fourth-order valence-corrected chi connectivity index (χ4v) is 2.76. The molecule has 0 N–H and O–H groups in total. The normalized spacial score (nSPS) is 14.9. The van der Waals surface area contributed by atoms with Crippen molar-refractivity contribution in [3.8, 4) is 6.07 Å². The van der Waals surface area contributed by atoms with Crippen molar-refractivity contribution in [3.63, 3.8) is 0 Å². The van der Waals surface area contributed by atoms with Crippen molar-refractivity contribution in [2.45, 2.75) is 6.92 Å². The molecule has 0 spiro atoms. The molecule has 0 amide bonds. The van der Waals surface area contributed by atoms with Gasteiger partial charge in [0.2, 0.25) is 0 Å². The highest BCUT2D eigenvalue weighted by Gasteiger charge is 2.18. The van der Waals surface area contributed by atoms with Gasteiger partial charge in [-0.25, -0.2) is 4.98 Å². The molecule has 3 rings (SSSR count). The quantitative estimate of drug-likeness (QED) is 0.847. The molecule has 4 heteroatoms. The second kappa shape index (κ2) is 5.84. The lowest BCUT2D eigenvalue weighted by Crippen LogP contribution is -2.46. The van der Waals surface area contributed by atoms with Crippen molar-refractivity contribution in [2.75, 3.05) is 36.0 Å². The Bertz CT molecular complexity index is 649. The van der Waals surface area contributed by atoms with Crippen LogP contribution in [0.15, 0.2) is 42.6 Å². The van der Waals surface area contributed by atoms with Gasteiger partial charge >= 0.3 is 0 Å². The summed E-state index contributed by atoms with van der Waals surface area (Å²) in [7, 11) is 0. The highest BCUT2D eigenvalue weighted by Crippen LogP contribution is 2.22. The Morgan fingerprint density at radius 1 is 1.00 bits per heavy atom. The molecule has 0 aliphatic carbocycles. The van der Waals surface area contributed by atoms with Crippen molar-refractivity contribution in [3.05, 3.63) is 53.9 Å². The topological polar surface area (TPSA) is 43.2 Å². The Balaban J connectivity index is 1.67. The van der Waals surface area contributed by atoms with Crippen LogP contribution >= 0.6 is 0 Å². The van der Waals surface area contributed by atoms with Crippen molar-refractivity contribution in [1.29, 1.82) is 5.26 Å². The van der Waals surface area contributed by atoms with Gasteiger partial charge in [-0.1, -0.05) is 18.2 Å². The summed E-state index contributed by atoms with van der Waals surface area (Å²) >= 11 is 0. The Hall–Kier alpha value is -2.54. The summed E-state index contributed by atoms with van der Waals surface area (Å²) in [6, 6.07) is 14.3. The summed E-state index contributed by atoms with van der Waals surface area (Å²) in [5.41, 5.74) is 4.22. The third-order valence-electron chi connectivity index (χ3n) is 3.96. The van der Waals surface area contributed by atoms with Crippen LogP contribution in [0, 0.1) is 18.3 Å². The number of pyridine rings is 1. The SMILES string of the molecule is Cc1ccccc1N1CCN(c2ccc(C#N)nc2)CC1. The van der Waals surface area contributed by atoms with Gasteiger partial charge in [0, 0.05) is 31.9 Å². The summed E-state index contributed by atoms with van der Waals surface area (Å²) in [4.78, 5) is 8.90. The average molecular weight is 278 g/mol. The Morgan fingerprint density at radius 3 is 2.33 bits per heavy atom. The molecule has 1 aliphatic rings. The Morgan fingerprint density at radius 2 is 1.71 bits per heavy atom. The van der Waals surface area contributed by atoms with Gasteiger partial charge in [-0.15, -0.1) is 0 Å². The van der Waals surface area contributed by atoms with E-state index in [0.717, 1.165) is 31.9 Å². The first-order valence-electron chi connectivity index (χ1n) is 7.19. The lowest BCUT2D eigenvalue weighted by Gasteiger charge is -2.37. The molecule has 21 heavy (non-hydrogen) atoms. The Kier molecular flexibility index (Phi) is 3.74. The molecule has 0 atom stereocenters. The van der Waals surface area contributed by atoms with Crippen LogP contribution in [0.3, 0.4) is 0 Å². The maximum atomic E-state index is 8.79. The first-order valence-corrected chi connectivity index (χ1v) is 7.19. The van der Waals surface area contributed by atoms with Gasteiger partial charge in [0.25, 0.3) is 0 Å². The zero-order valence-electron chi connectivity index (χ0n) is 12.2. The smallest absolute Gasteiger partial charge is 0.140 e. The molecule has 2 heterocycles. The summed E-state index contributed by atoms with van der Waals surface area (Å²) in [6.07, 6.45) is 1.79. The summed E-state index contributed by atoms with van der Waals surface area (Å²) in [5.74, 6) is 0. The molecule has 4 nitrogen and oxygen atoms in total. The summed E-state index contributed by atoms with van der Waals surface area (Å²) in [6.45, 7) is 6.12. The number of aryl methyl sites for hydroxylation is 1. The van der Waals surface area contributed by atoms with E-state index in [1.54, 1.807) is 12.3 Å². The minimum absolute atomic E-state index is 0.470. The van der Waals surface area contributed by atoms with Gasteiger partial charge in [0.1, 0.15) is 11.8 Å². The highest BCUT2D eigenvalue weighted by molar-refractivity contribution is 5.55. The number of piperazine rings is 1. The van der Waals surface area contributed by atoms with Crippen LogP contribution < -0.4 is 9.80 Å². The van der Waals surface area contributed by atoms with E-state index in [9.17, 15) is 0 Å². The van der Waals surface area contributed by atoms with E-state index >= 15 is 0 Å². The van der Waals surface area contributed by atoms with Crippen LogP contribution in [-0.4, -0.2) is 31.2 Å². The second-order valence-electron chi connectivity index (χ2n) is 5.27. The van der Waals surface area contributed by atoms with E-state index in [2.05, 4.69) is 52.0 Å². The number of nitrogens with zero attached hydrogens (tertiary/aromatic N) is 4. The minimum atomic E-state index is 0.470. The first kappa shape index (κ1) is 13.4. The van der Waals surface area contributed by atoms with Crippen molar-refractivity contribution < 1.29 is 0 Å². The highest BCUT2D eigenvalue weighted by atomic mass is 15.3. The zero-order valence-corrected chi connectivity index (χ0v) is 12.2. The van der Waals surface area contributed by atoms with Crippen molar-refractivity contribution in [1.82, 2.24) is 4.98 Å². The number of anilines is 2. The molecule has 0 unspecified atom stereocenters. The number of hydrogen-bond acceptors (Lipinski definition) is 4. The molecule has 2 aromatic rings. The van der Waals surface area contributed by atoms with Crippen LogP contribution in [0.4, 0.5) is 11.4 Å². The lowest BCUT2D eigenvalue weighted by atomic mass is 10.1. The number of nitriles is 1. The third-order valence-corrected chi connectivity index (χ3v) is 3.96. The first-order chi connectivity index (χ1) is 10.3. The van der Waals surface area contributed by atoms with E-state index in [1.165, 1.54) is 11.3 Å². The standard InChI is InChI=1S/C17H18N4/c1-14-4-2-3-5-17(14)21-10-8-20(9-11-21)16-7-6-15(12-18)19-13-16/h2-7,13H,8-11H2,1H3. The largest absolute Gasteiger partial charge is 0.368 e. The third kappa shape index (κ3) is 2.82. The van der Waals surface area contributed by atoms with E-state index in [-0.39, 0.29) is 0 Å². The molecule has 0 bridgehead atoms. The molecule has 1 aromatic heterocycles. The zero-order chi connectivity index (χ0) is 14.7. The maximum absolute atomic E-state index is 8.79. The van der Waals surface area contributed by atoms with Crippen LogP contribution in [-0.2, 0) is 0 Å². The van der Waals surface area contributed by atoms with E-state index < -0.39 is 0 Å². The van der Waals surface area contributed by atoms with Crippen LogP contribution in [0.25, 0.3) is 0 Å². The fourth-order valence-electron chi connectivity index (χ4n) is 2.76. The molecule has 1 aliphatic heterocycles. The van der Waals surface area contributed by atoms with E-state index in [1.807, 2.05) is 6.07 Å². The number of benzene rings is 1. The number of hydrogen-bond donors (Lipinski definition) is 0. The van der Waals surface area contributed by atoms with Gasteiger partial charge in [0.05, 0.1) is 11.9 Å². The molecule has 106 valence electrons. The molecule has 0 saturated carbocycles. The number of para-hydroxylation sites is 1. The lowest BCUT2D eigenvalue weighted by molar-refractivity contribution is 0.651. The molecular formula is C17H18N4. The number of rotatable bonds is 2. The monoisotopic (exact) mass is 278 g/mol. The van der Waals surface area contributed by atoms with Gasteiger partial charge in [-0.3, -0.25) is 0 Å². The molecule has 1 fully saturated rings. The summed E-state index contributed by atoms with van der Waals surface area (Å²) in [5, 5.41) is 8.79. The second-order valence-corrected chi connectivity index (χ2v) is 5.27. The van der Waals surface area contributed by atoms with Gasteiger partial charge in [0.15, 0.2) is 0 Å². The predicted molar refractivity (Wildman–Crippen MR) is 84.6 cm³/mol. The van der Waals surface area contributed by atoms with Crippen molar-refractivity contribution in [2.24, 2.45) is 0 Å². The van der Waals surface area contributed by atoms with E-state index in [4.69, 9.17) is 5.26 Å². The fraction of sp³-hybridized carbons (Fsp3) is 0.294. The van der Waals surface area contributed by atoms with Crippen LogP contribution in [0.2, 0.25) is 0 Å². The predicted octanol–water partition coefficient (Wildman–Crippen LogP) is 2.59. The van der Waals surface area contributed by atoms with Gasteiger partial charge in [-0.05, 0) is 30.7 Å². The Labute approximate surface area is 125 Å². The molecule has 0 radical (unpaired) electrons. The molecule has 1 aromatic carbocycles. The number of aromatic nitrogens is 1. The molecule has 1 saturated heterocycles. The molecular weight excluding hydrogens is 260 g/mol. The van der Waals surface area contributed by atoms with Gasteiger partial charge < -0.3 is 9.80 Å². The van der Waals surface area contributed by atoms with E-state index in [0.29, 0.717) is 5.69 Å². The van der Waals surface area contributed by atoms with Gasteiger partial charge in [-0.2, -0.15) is 5.26 Å². The minimum Gasteiger partial charge on any atom is -0.368 e. The van der Waals surface area contributed by atoms with Crippen molar-refractivity contribution >= 4 is 11.4 Å². The summed E-state index contributed by atoms with van der Waals surface area (Å²) < 4.78 is 0. The van der Waals surface area contributed by atoms with Crippen LogP contribution in [0.1, 0.15) is 11.3 Å². The van der Waals surface area contributed by atoms with Crippen LogP contribution in [0.5, 0.6) is 0 Å².